The lowest BCUT2D eigenvalue weighted by molar-refractivity contribution is -0.143. The van der Waals surface area contributed by atoms with Crippen molar-refractivity contribution in [2.45, 2.75) is 25.9 Å². The molecule has 1 atom stereocenters. The van der Waals surface area contributed by atoms with Gasteiger partial charge in [0.1, 0.15) is 0 Å². The number of pyridine rings is 1. The summed E-state index contributed by atoms with van der Waals surface area (Å²) in [5.41, 5.74) is 1.34. The highest BCUT2D eigenvalue weighted by molar-refractivity contribution is 6.35. The minimum Gasteiger partial charge on any atom is -0.466 e. The SMILES string of the molecule is CCOC(=O)CCC(O)c1ccc(Cl)c2cccnc12. The van der Waals surface area contributed by atoms with E-state index in [0.717, 1.165) is 5.39 Å². The quantitative estimate of drug-likeness (QED) is 0.860. The number of ether oxygens (including phenoxy) is 1. The van der Waals surface area contributed by atoms with E-state index in [9.17, 15) is 9.90 Å². The van der Waals surface area contributed by atoms with Gasteiger partial charge in [0, 0.05) is 28.6 Å². The van der Waals surface area contributed by atoms with Crippen LogP contribution in [0.15, 0.2) is 30.5 Å². The molecule has 2 rings (SSSR count). The van der Waals surface area contributed by atoms with Gasteiger partial charge in [0.15, 0.2) is 0 Å². The molecule has 0 saturated heterocycles. The normalized spacial score (nSPS) is 12.3. The number of rotatable bonds is 5. The van der Waals surface area contributed by atoms with Crippen LogP contribution in [-0.4, -0.2) is 22.7 Å². The number of carbonyl (C=O) groups excluding carboxylic acids is 1. The number of esters is 1. The van der Waals surface area contributed by atoms with Crippen LogP contribution in [0.3, 0.4) is 0 Å². The Morgan fingerprint density at radius 2 is 2.25 bits per heavy atom. The maximum atomic E-state index is 11.3. The summed E-state index contributed by atoms with van der Waals surface area (Å²) in [6, 6.07) is 7.12. The second kappa shape index (κ2) is 6.68. The maximum absolute atomic E-state index is 11.3. The van der Waals surface area contributed by atoms with E-state index in [1.54, 1.807) is 31.3 Å². The second-order valence-electron chi connectivity index (χ2n) is 4.40. The lowest BCUT2D eigenvalue weighted by Gasteiger charge is -2.13. The molecule has 106 valence electrons. The van der Waals surface area contributed by atoms with Gasteiger partial charge in [0.05, 0.1) is 18.2 Å². The van der Waals surface area contributed by atoms with Crippen molar-refractivity contribution in [2.24, 2.45) is 0 Å². The Labute approximate surface area is 122 Å². The maximum Gasteiger partial charge on any atom is 0.305 e. The van der Waals surface area contributed by atoms with Crippen LogP contribution in [0, 0.1) is 0 Å². The largest absolute Gasteiger partial charge is 0.466 e. The lowest BCUT2D eigenvalue weighted by atomic mass is 10.0. The number of halogens is 1. The highest BCUT2D eigenvalue weighted by atomic mass is 35.5. The summed E-state index contributed by atoms with van der Waals surface area (Å²) in [7, 11) is 0. The average molecular weight is 294 g/mol. The van der Waals surface area contributed by atoms with Crippen LogP contribution in [0.2, 0.25) is 5.02 Å². The van der Waals surface area contributed by atoms with Gasteiger partial charge in [-0.1, -0.05) is 17.7 Å². The zero-order chi connectivity index (χ0) is 14.5. The highest BCUT2D eigenvalue weighted by Gasteiger charge is 2.15. The van der Waals surface area contributed by atoms with E-state index in [0.29, 0.717) is 29.1 Å². The molecule has 0 aliphatic carbocycles. The van der Waals surface area contributed by atoms with Crippen molar-refractivity contribution in [1.82, 2.24) is 4.98 Å². The molecule has 0 radical (unpaired) electrons. The van der Waals surface area contributed by atoms with Gasteiger partial charge in [-0.05, 0) is 31.5 Å². The Hall–Kier alpha value is -1.65. The van der Waals surface area contributed by atoms with Crippen LogP contribution in [0.1, 0.15) is 31.4 Å². The van der Waals surface area contributed by atoms with E-state index in [2.05, 4.69) is 4.98 Å². The summed E-state index contributed by atoms with van der Waals surface area (Å²) >= 11 is 6.11. The van der Waals surface area contributed by atoms with Gasteiger partial charge in [0.25, 0.3) is 0 Å². The van der Waals surface area contributed by atoms with Crippen LogP contribution in [0.5, 0.6) is 0 Å². The fraction of sp³-hybridized carbons (Fsp3) is 0.333. The van der Waals surface area contributed by atoms with E-state index >= 15 is 0 Å². The topological polar surface area (TPSA) is 59.4 Å². The van der Waals surface area contributed by atoms with Gasteiger partial charge in [-0.2, -0.15) is 0 Å². The summed E-state index contributed by atoms with van der Waals surface area (Å²) in [6.07, 6.45) is 1.35. The molecule has 0 aliphatic heterocycles. The number of benzene rings is 1. The number of nitrogens with zero attached hydrogens (tertiary/aromatic N) is 1. The number of aliphatic hydroxyl groups excluding tert-OH is 1. The third kappa shape index (κ3) is 3.26. The molecule has 1 aromatic carbocycles. The van der Waals surface area contributed by atoms with Crippen LogP contribution >= 0.6 is 11.6 Å². The summed E-state index contributed by atoms with van der Waals surface area (Å²) in [6.45, 7) is 2.10. The van der Waals surface area contributed by atoms with Crippen molar-refractivity contribution in [2.75, 3.05) is 6.61 Å². The number of aromatic nitrogens is 1. The van der Waals surface area contributed by atoms with Gasteiger partial charge in [-0.15, -0.1) is 0 Å². The number of hydrogen-bond donors (Lipinski definition) is 1. The molecule has 0 saturated carbocycles. The van der Waals surface area contributed by atoms with Crippen LogP contribution in [0.4, 0.5) is 0 Å². The van der Waals surface area contributed by atoms with Crippen molar-refractivity contribution in [3.63, 3.8) is 0 Å². The van der Waals surface area contributed by atoms with E-state index in [-0.39, 0.29) is 12.4 Å². The van der Waals surface area contributed by atoms with Crippen molar-refractivity contribution in [3.05, 3.63) is 41.0 Å². The fourth-order valence-electron chi connectivity index (χ4n) is 2.07. The molecule has 0 spiro atoms. The Kier molecular flexibility index (Phi) is 4.93. The van der Waals surface area contributed by atoms with Crippen molar-refractivity contribution < 1.29 is 14.6 Å². The molecule has 20 heavy (non-hydrogen) atoms. The molecule has 1 heterocycles. The van der Waals surface area contributed by atoms with Crippen molar-refractivity contribution in [1.29, 1.82) is 0 Å². The Bertz CT molecular complexity index is 615. The summed E-state index contributed by atoms with van der Waals surface area (Å²) in [4.78, 5) is 15.6. The Balaban J connectivity index is 2.20. The first-order chi connectivity index (χ1) is 9.63. The molecule has 1 aromatic heterocycles. The van der Waals surface area contributed by atoms with Crippen LogP contribution in [-0.2, 0) is 9.53 Å². The summed E-state index contributed by atoms with van der Waals surface area (Å²) < 4.78 is 4.85. The number of aliphatic hydroxyl groups is 1. The van der Waals surface area contributed by atoms with Crippen molar-refractivity contribution in [3.8, 4) is 0 Å². The minimum atomic E-state index is -0.769. The Morgan fingerprint density at radius 1 is 1.45 bits per heavy atom. The van der Waals surface area contributed by atoms with Gasteiger partial charge in [-0.25, -0.2) is 0 Å². The fourth-order valence-corrected chi connectivity index (χ4v) is 2.29. The first-order valence-corrected chi connectivity index (χ1v) is 6.88. The zero-order valence-corrected chi connectivity index (χ0v) is 11.9. The lowest BCUT2D eigenvalue weighted by Crippen LogP contribution is -2.07. The molecule has 0 amide bonds. The smallest absolute Gasteiger partial charge is 0.305 e. The minimum absolute atomic E-state index is 0.173. The molecule has 0 bridgehead atoms. The number of carbonyl (C=O) groups is 1. The molecule has 1 N–H and O–H groups in total. The van der Waals surface area contributed by atoms with Gasteiger partial charge in [-0.3, -0.25) is 9.78 Å². The summed E-state index contributed by atoms with van der Waals surface area (Å²) in [5.74, 6) is -0.308. The molecule has 0 aliphatic rings. The van der Waals surface area contributed by atoms with E-state index in [1.807, 2.05) is 6.07 Å². The zero-order valence-electron chi connectivity index (χ0n) is 11.2. The predicted octanol–water partition coefficient (Wildman–Crippen LogP) is 3.26. The molecular weight excluding hydrogens is 278 g/mol. The van der Waals surface area contributed by atoms with Crippen LogP contribution < -0.4 is 0 Å². The van der Waals surface area contributed by atoms with Gasteiger partial charge >= 0.3 is 5.97 Å². The predicted molar refractivity (Wildman–Crippen MR) is 77.6 cm³/mol. The first kappa shape index (κ1) is 14.8. The second-order valence-corrected chi connectivity index (χ2v) is 4.80. The van der Waals surface area contributed by atoms with Gasteiger partial charge in [0.2, 0.25) is 0 Å². The van der Waals surface area contributed by atoms with E-state index in [1.165, 1.54) is 0 Å². The van der Waals surface area contributed by atoms with E-state index < -0.39 is 6.10 Å². The number of hydrogen-bond acceptors (Lipinski definition) is 4. The number of fused-ring (bicyclic) bond motifs is 1. The molecule has 2 aromatic rings. The highest BCUT2D eigenvalue weighted by Crippen LogP contribution is 2.30. The molecule has 0 fully saturated rings. The monoisotopic (exact) mass is 293 g/mol. The van der Waals surface area contributed by atoms with Crippen LogP contribution in [0.25, 0.3) is 10.9 Å². The standard InChI is InChI=1S/C15H16ClNO3/c1-2-20-14(19)8-7-13(18)11-5-6-12(16)10-4-3-9-17-15(10)11/h3-6,9,13,18H,2,7-8H2,1H3. The Morgan fingerprint density at radius 3 is 3.00 bits per heavy atom. The first-order valence-electron chi connectivity index (χ1n) is 6.50. The summed E-state index contributed by atoms with van der Waals surface area (Å²) in [5, 5.41) is 11.6. The molecular formula is C15H16ClNO3. The molecule has 5 heteroatoms. The molecule has 1 unspecified atom stereocenters. The molecule has 4 nitrogen and oxygen atoms in total. The van der Waals surface area contributed by atoms with E-state index in [4.69, 9.17) is 16.3 Å². The third-order valence-corrected chi connectivity index (χ3v) is 3.36. The van der Waals surface area contributed by atoms with Crippen molar-refractivity contribution >= 4 is 28.5 Å². The third-order valence-electron chi connectivity index (χ3n) is 3.03. The van der Waals surface area contributed by atoms with Gasteiger partial charge < -0.3 is 9.84 Å². The average Bonchev–Trinajstić information content (AvgIpc) is 2.46.